The van der Waals surface area contributed by atoms with Crippen molar-refractivity contribution in [3.63, 3.8) is 0 Å². The van der Waals surface area contributed by atoms with Crippen molar-refractivity contribution in [1.82, 2.24) is 20.5 Å². The van der Waals surface area contributed by atoms with E-state index >= 15 is 0 Å². The van der Waals surface area contributed by atoms with Gasteiger partial charge in [-0.25, -0.2) is 4.98 Å². The fourth-order valence-corrected chi connectivity index (χ4v) is 4.25. The number of likely N-dealkylation sites (tertiary alicyclic amines) is 1. The molecule has 156 valence electrons. The number of halogens is 1. The van der Waals surface area contributed by atoms with E-state index in [1.807, 2.05) is 13.1 Å². The van der Waals surface area contributed by atoms with E-state index in [0.29, 0.717) is 0 Å². The zero-order valence-corrected chi connectivity index (χ0v) is 20.0. The molecular formula is C20H32IN5OS. The fraction of sp³-hybridized carbons (Fsp3) is 0.600. The summed E-state index contributed by atoms with van der Waals surface area (Å²) in [5.74, 6) is 1.85. The highest BCUT2D eigenvalue weighted by Gasteiger charge is 2.24. The predicted molar refractivity (Wildman–Crippen MR) is 127 cm³/mol. The van der Waals surface area contributed by atoms with Gasteiger partial charge in [0.2, 0.25) is 0 Å². The number of piperidine rings is 1. The lowest BCUT2D eigenvalue weighted by Crippen LogP contribution is -2.44. The van der Waals surface area contributed by atoms with Crippen LogP contribution >= 0.6 is 35.3 Å². The minimum atomic E-state index is 0. The lowest BCUT2D eigenvalue weighted by molar-refractivity contribution is 0.146. The Bertz CT molecular complexity index is 697. The van der Waals surface area contributed by atoms with Gasteiger partial charge in [-0.1, -0.05) is 13.3 Å². The van der Waals surface area contributed by atoms with Crippen molar-refractivity contribution in [2.24, 2.45) is 4.99 Å². The molecule has 1 aliphatic rings. The highest BCUT2D eigenvalue weighted by molar-refractivity contribution is 14.0. The molecule has 3 rings (SSSR count). The molecule has 2 aromatic heterocycles. The van der Waals surface area contributed by atoms with E-state index in [2.05, 4.69) is 43.9 Å². The largest absolute Gasteiger partial charge is 0.468 e. The van der Waals surface area contributed by atoms with Crippen LogP contribution in [0.5, 0.6) is 0 Å². The molecule has 28 heavy (non-hydrogen) atoms. The molecule has 2 aromatic rings. The summed E-state index contributed by atoms with van der Waals surface area (Å²) in [4.78, 5) is 11.5. The van der Waals surface area contributed by atoms with Gasteiger partial charge in [-0.15, -0.1) is 35.3 Å². The highest BCUT2D eigenvalue weighted by Crippen LogP contribution is 2.24. The number of hydrogen-bond donors (Lipinski definition) is 2. The summed E-state index contributed by atoms with van der Waals surface area (Å²) in [5, 5.41) is 10.2. The summed E-state index contributed by atoms with van der Waals surface area (Å²) in [6, 6.07) is 4.28. The topological polar surface area (TPSA) is 65.7 Å². The maximum Gasteiger partial charge on any atom is 0.191 e. The quantitative estimate of drug-likeness (QED) is 0.317. The molecule has 8 heteroatoms. The van der Waals surface area contributed by atoms with Crippen LogP contribution in [0.3, 0.4) is 0 Å². The van der Waals surface area contributed by atoms with E-state index in [0.717, 1.165) is 56.4 Å². The zero-order chi connectivity index (χ0) is 18.9. The van der Waals surface area contributed by atoms with Gasteiger partial charge in [0.05, 0.1) is 23.0 Å². The van der Waals surface area contributed by atoms with Gasteiger partial charge in [0.25, 0.3) is 0 Å². The monoisotopic (exact) mass is 517 g/mol. The molecule has 1 atom stereocenters. The summed E-state index contributed by atoms with van der Waals surface area (Å²) in [6.45, 7) is 6.00. The third-order valence-corrected chi connectivity index (χ3v) is 6.01. The van der Waals surface area contributed by atoms with Crippen molar-refractivity contribution in [3.05, 3.63) is 40.2 Å². The third kappa shape index (κ3) is 6.73. The molecule has 1 saturated heterocycles. The van der Waals surface area contributed by atoms with E-state index in [1.54, 1.807) is 17.6 Å². The van der Waals surface area contributed by atoms with Crippen LogP contribution in [-0.4, -0.2) is 49.1 Å². The first-order chi connectivity index (χ1) is 13.3. The first kappa shape index (κ1) is 23.2. The normalized spacial score (nSPS) is 16.4. The van der Waals surface area contributed by atoms with Gasteiger partial charge in [-0.05, 0) is 44.5 Å². The zero-order valence-electron chi connectivity index (χ0n) is 16.8. The minimum Gasteiger partial charge on any atom is -0.468 e. The van der Waals surface area contributed by atoms with E-state index in [9.17, 15) is 0 Å². The van der Waals surface area contributed by atoms with Crippen molar-refractivity contribution < 1.29 is 4.42 Å². The van der Waals surface area contributed by atoms with E-state index in [-0.39, 0.29) is 30.0 Å². The Hall–Kier alpha value is -1.13. The molecule has 0 radical (unpaired) electrons. The van der Waals surface area contributed by atoms with Crippen LogP contribution in [0.2, 0.25) is 0 Å². The lowest BCUT2D eigenvalue weighted by Gasteiger charge is -2.33. The average molecular weight is 517 g/mol. The van der Waals surface area contributed by atoms with Gasteiger partial charge in [-0.3, -0.25) is 9.89 Å². The summed E-state index contributed by atoms with van der Waals surface area (Å²) >= 11 is 1.74. The van der Waals surface area contributed by atoms with Crippen LogP contribution in [0.4, 0.5) is 0 Å². The van der Waals surface area contributed by atoms with Gasteiger partial charge >= 0.3 is 0 Å². The van der Waals surface area contributed by atoms with Crippen LogP contribution in [0.15, 0.2) is 33.2 Å². The Kier molecular flexibility index (Phi) is 10.3. The number of aliphatic imine (C=N–C) groups is 1. The number of thiazole rings is 1. The maximum atomic E-state index is 5.72. The predicted octanol–water partition coefficient (Wildman–Crippen LogP) is 3.85. The smallest absolute Gasteiger partial charge is 0.191 e. The number of aromatic nitrogens is 1. The molecule has 0 aliphatic carbocycles. The van der Waals surface area contributed by atoms with Crippen LogP contribution in [0, 0.1) is 0 Å². The number of aryl methyl sites for hydroxylation is 1. The maximum absolute atomic E-state index is 5.72. The van der Waals surface area contributed by atoms with E-state index < -0.39 is 0 Å². The molecule has 1 aliphatic heterocycles. The van der Waals surface area contributed by atoms with Crippen LogP contribution in [-0.2, 0) is 12.8 Å². The molecule has 0 spiro atoms. The van der Waals surface area contributed by atoms with E-state index in [4.69, 9.17) is 4.42 Å². The summed E-state index contributed by atoms with van der Waals surface area (Å²) < 4.78 is 5.72. The van der Waals surface area contributed by atoms with E-state index in [1.165, 1.54) is 24.3 Å². The second-order valence-electron chi connectivity index (χ2n) is 6.84. The number of guanidine groups is 1. The van der Waals surface area contributed by atoms with Crippen LogP contribution in [0.25, 0.3) is 0 Å². The highest BCUT2D eigenvalue weighted by atomic mass is 127. The van der Waals surface area contributed by atoms with Crippen molar-refractivity contribution >= 4 is 41.3 Å². The van der Waals surface area contributed by atoms with Crippen LogP contribution < -0.4 is 10.6 Å². The summed E-state index contributed by atoms with van der Waals surface area (Å²) in [6.07, 6.45) is 7.53. The summed E-state index contributed by atoms with van der Waals surface area (Å²) in [5.41, 5.74) is 1.15. The fourth-order valence-electron chi connectivity index (χ4n) is 3.47. The molecule has 1 fully saturated rings. The SMILES string of the molecule is CCc1nc(CCNC(=NC)NCC(c2ccco2)N2CCCCC2)cs1.I. The standard InChI is InChI=1S/C20H31N5OS.HI/c1-3-19-24-16(15-27-19)9-10-22-20(21-2)23-14-17(18-8-7-13-26-18)25-11-5-4-6-12-25;/h7-8,13,15,17H,3-6,9-12,14H2,1-2H3,(H2,21,22,23);1H. The number of furan rings is 1. The molecule has 0 bridgehead atoms. The average Bonchev–Trinajstić information content (AvgIpc) is 3.40. The second-order valence-corrected chi connectivity index (χ2v) is 7.79. The molecule has 1 unspecified atom stereocenters. The van der Waals surface area contributed by atoms with Gasteiger partial charge in [0.1, 0.15) is 5.76 Å². The van der Waals surface area contributed by atoms with Gasteiger partial charge < -0.3 is 15.1 Å². The van der Waals surface area contributed by atoms with Crippen molar-refractivity contribution in [2.75, 3.05) is 33.2 Å². The van der Waals surface area contributed by atoms with Gasteiger partial charge in [0.15, 0.2) is 5.96 Å². The second kappa shape index (κ2) is 12.4. The molecule has 3 heterocycles. The first-order valence-electron chi connectivity index (χ1n) is 9.95. The minimum absolute atomic E-state index is 0. The lowest BCUT2D eigenvalue weighted by atomic mass is 10.1. The molecule has 0 saturated carbocycles. The number of hydrogen-bond acceptors (Lipinski definition) is 5. The molecule has 0 amide bonds. The molecular weight excluding hydrogens is 485 g/mol. The van der Waals surface area contributed by atoms with Crippen molar-refractivity contribution in [2.45, 2.75) is 45.1 Å². The number of rotatable bonds is 8. The Morgan fingerprint density at radius 2 is 2.14 bits per heavy atom. The van der Waals surface area contributed by atoms with Gasteiger partial charge in [0, 0.05) is 31.9 Å². The third-order valence-electron chi connectivity index (χ3n) is 4.96. The first-order valence-corrected chi connectivity index (χ1v) is 10.8. The molecule has 2 N–H and O–H groups in total. The van der Waals surface area contributed by atoms with Crippen molar-refractivity contribution in [3.8, 4) is 0 Å². The Morgan fingerprint density at radius 3 is 2.79 bits per heavy atom. The van der Waals surface area contributed by atoms with Crippen LogP contribution in [0.1, 0.15) is 48.7 Å². The molecule has 6 nitrogen and oxygen atoms in total. The number of nitrogens with zero attached hydrogens (tertiary/aromatic N) is 3. The Morgan fingerprint density at radius 1 is 1.32 bits per heavy atom. The Balaban J connectivity index is 0.00000280. The summed E-state index contributed by atoms with van der Waals surface area (Å²) in [7, 11) is 1.82. The van der Waals surface area contributed by atoms with Gasteiger partial charge in [-0.2, -0.15) is 0 Å². The molecule has 0 aromatic carbocycles. The number of nitrogens with one attached hydrogen (secondary N) is 2. The Labute approximate surface area is 189 Å². The van der Waals surface area contributed by atoms with Crippen molar-refractivity contribution in [1.29, 1.82) is 0 Å².